The van der Waals surface area contributed by atoms with E-state index in [2.05, 4.69) is 26.2 Å². The number of hydrogen-bond acceptors (Lipinski definition) is 4. The predicted octanol–water partition coefficient (Wildman–Crippen LogP) is 2.43. The fraction of sp³-hybridized carbons (Fsp3) is 0.632. The average molecular weight is 476 g/mol. The van der Waals surface area contributed by atoms with Crippen LogP contribution in [0.4, 0.5) is 0 Å². The third kappa shape index (κ3) is 7.28. The highest BCUT2D eigenvalue weighted by Crippen LogP contribution is 2.26. The highest BCUT2D eigenvalue weighted by atomic mass is 127. The van der Waals surface area contributed by atoms with E-state index < -0.39 is 0 Å². The third-order valence-corrected chi connectivity index (χ3v) is 4.50. The first-order chi connectivity index (χ1) is 12.2. The number of aliphatic imine (C=N–C) groups is 1. The molecule has 2 rings (SSSR count). The fourth-order valence-electron chi connectivity index (χ4n) is 2.99. The molecule has 0 atom stereocenters. The van der Waals surface area contributed by atoms with Crippen LogP contribution in [-0.4, -0.2) is 76.4 Å². The minimum absolute atomic E-state index is 0. The molecule has 0 radical (unpaired) electrons. The van der Waals surface area contributed by atoms with Crippen molar-refractivity contribution in [2.45, 2.75) is 25.4 Å². The Morgan fingerprint density at radius 1 is 1.23 bits per heavy atom. The first kappa shape index (κ1) is 23.0. The molecule has 1 aromatic carbocycles. The van der Waals surface area contributed by atoms with Crippen LogP contribution >= 0.6 is 24.0 Å². The molecular weight excluding hydrogens is 443 g/mol. The second-order valence-corrected chi connectivity index (χ2v) is 6.40. The van der Waals surface area contributed by atoms with Gasteiger partial charge in [-0.2, -0.15) is 0 Å². The lowest BCUT2D eigenvalue weighted by Gasteiger charge is -2.25. The quantitative estimate of drug-likeness (QED) is 0.320. The zero-order valence-electron chi connectivity index (χ0n) is 16.4. The van der Waals surface area contributed by atoms with E-state index in [-0.39, 0.29) is 24.0 Å². The summed E-state index contributed by atoms with van der Waals surface area (Å²) in [7, 11) is 7.34. The average Bonchev–Trinajstić information content (AvgIpc) is 3.46. The van der Waals surface area contributed by atoms with Crippen LogP contribution in [0.5, 0.6) is 5.75 Å². The van der Waals surface area contributed by atoms with Gasteiger partial charge in [-0.1, -0.05) is 18.2 Å². The van der Waals surface area contributed by atoms with Gasteiger partial charge in [0.25, 0.3) is 0 Å². The lowest BCUT2D eigenvalue weighted by atomic mass is 10.2. The van der Waals surface area contributed by atoms with Crippen molar-refractivity contribution >= 4 is 29.9 Å². The Kier molecular flexibility index (Phi) is 10.9. The van der Waals surface area contributed by atoms with Crippen LogP contribution in [0.25, 0.3) is 0 Å². The van der Waals surface area contributed by atoms with Gasteiger partial charge in [0.1, 0.15) is 5.75 Å². The summed E-state index contributed by atoms with van der Waals surface area (Å²) in [6.45, 7) is 4.43. The second kappa shape index (κ2) is 12.3. The molecule has 0 bridgehead atoms. The van der Waals surface area contributed by atoms with Crippen molar-refractivity contribution in [1.82, 2.24) is 15.1 Å². The number of halogens is 1. The number of guanidine groups is 1. The van der Waals surface area contributed by atoms with E-state index in [9.17, 15) is 0 Å². The maximum Gasteiger partial charge on any atom is 0.193 e. The summed E-state index contributed by atoms with van der Waals surface area (Å²) in [6.07, 6.45) is 2.62. The molecule has 1 aliphatic carbocycles. The smallest absolute Gasteiger partial charge is 0.193 e. The molecule has 1 aliphatic rings. The summed E-state index contributed by atoms with van der Waals surface area (Å²) in [4.78, 5) is 9.03. The molecule has 0 saturated heterocycles. The van der Waals surface area contributed by atoms with Crippen molar-refractivity contribution in [2.75, 3.05) is 54.6 Å². The zero-order valence-corrected chi connectivity index (χ0v) is 18.7. The molecule has 0 unspecified atom stereocenters. The number of methoxy groups -OCH3 is 2. The van der Waals surface area contributed by atoms with E-state index >= 15 is 0 Å². The van der Waals surface area contributed by atoms with Crippen molar-refractivity contribution in [3.8, 4) is 5.75 Å². The molecule has 0 spiro atoms. The van der Waals surface area contributed by atoms with Crippen molar-refractivity contribution in [3.63, 3.8) is 0 Å². The Labute approximate surface area is 175 Å². The van der Waals surface area contributed by atoms with Crippen molar-refractivity contribution in [2.24, 2.45) is 4.99 Å². The molecule has 6 nitrogen and oxygen atoms in total. The van der Waals surface area contributed by atoms with Gasteiger partial charge >= 0.3 is 0 Å². The van der Waals surface area contributed by atoms with Crippen LogP contribution in [0.3, 0.4) is 0 Å². The molecule has 0 amide bonds. The van der Waals surface area contributed by atoms with Gasteiger partial charge in [0, 0.05) is 59.0 Å². The van der Waals surface area contributed by atoms with Gasteiger partial charge in [0.15, 0.2) is 5.96 Å². The largest absolute Gasteiger partial charge is 0.496 e. The van der Waals surface area contributed by atoms with Gasteiger partial charge in [0.05, 0.1) is 13.7 Å². The number of nitrogens with one attached hydrogen (secondary N) is 1. The number of ether oxygens (including phenoxy) is 2. The zero-order chi connectivity index (χ0) is 18.1. The van der Waals surface area contributed by atoms with Crippen LogP contribution < -0.4 is 10.1 Å². The number of para-hydroxylation sites is 1. The SMILES string of the molecule is CN=C(NCCN(CCOC)C1CC1)N(C)Cc1ccccc1OC.I. The molecule has 0 aliphatic heterocycles. The van der Waals surface area contributed by atoms with Crippen molar-refractivity contribution in [1.29, 1.82) is 0 Å². The van der Waals surface area contributed by atoms with E-state index in [1.807, 2.05) is 32.3 Å². The number of hydrogen-bond donors (Lipinski definition) is 1. The van der Waals surface area contributed by atoms with Crippen LogP contribution in [-0.2, 0) is 11.3 Å². The maximum absolute atomic E-state index is 5.44. The normalized spacial score (nSPS) is 14.1. The Hall–Kier alpha value is -1.06. The molecule has 1 fully saturated rings. The van der Waals surface area contributed by atoms with Gasteiger partial charge in [-0.25, -0.2) is 0 Å². The highest BCUT2D eigenvalue weighted by Gasteiger charge is 2.28. The summed E-state index contributed by atoms with van der Waals surface area (Å²) in [6, 6.07) is 8.84. The highest BCUT2D eigenvalue weighted by molar-refractivity contribution is 14.0. The topological polar surface area (TPSA) is 49.3 Å². The fourth-order valence-corrected chi connectivity index (χ4v) is 2.99. The van der Waals surface area contributed by atoms with Gasteiger partial charge in [-0.3, -0.25) is 9.89 Å². The third-order valence-electron chi connectivity index (χ3n) is 4.50. The van der Waals surface area contributed by atoms with E-state index in [1.165, 1.54) is 12.8 Å². The summed E-state index contributed by atoms with van der Waals surface area (Å²) >= 11 is 0. The minimum Gasteiger partial charge on any atom is -0.496 e. The van der Waals surface area contributed by atoms with E-state index in [1.54, 1.807) is 14.2 Å². The summed E-state index contributed by atoms with van der Waals surface area (Å²) < 4.78 is 10.7. The lowest BCUT2D eigenvalue weighted by molar-refractivity contribution is 0.144. The van der Waals surface area contributed by atoms with Gasteiger partial charge < -0.3 is 19.7 Å². The molecule has 0 heterocycles. The van der Waals surface area contributed by atoms with Gasteiger partial charge in [0.2, 0.25) is 0 Å². The van der Waals surface area contributed by atoms with Crippen LogP contribution in [0.1, 0.15) is 18.4 Å². The molecule has 0 aromatic heterocycles. The number of benzene rings is 1. The summed E-state index contributed by atoms with van der Waals surface area (Å²) in [5, 5.41) is 3.47. The van der Waals surface area contributed by atoms with Crippen LogP contribution in [0.2, 0.25) is 0 Å². The molecule has 26 heavy (non-hydrogen) atoms. The van der Waals surface area contributed by atoms with E-state index in [0.29, 0.717) is 0 Å². The Morgan fingerprint density at radius 3 is 2.58 bits per heavy atom. The first-order valence-electron chi connectivity index (χ1n) is 8.96. The molecule has 7 heteroatoms. The van der Waals surface area contributed by atoms with Gasteiger partial charge in [-0.15, -0.1) is 24.0 Å². The van der Waals surface area contributed by atoms with Crippen LogP contribution in [0.15, 0.2) is 29.3 Å². The maximum atomic E-state index is 5.44. The van der Waals surface area contributed by atoms with Crippen LogP contribution in [0, 0.1) is 0 Å². The monoisotopic (exact) mass is 476 g/mol. The molecule has 1 N–H and O–H groups in total. The van der Waals surface area contributed by atoms with E-state index in [0.717, 1.165) is 56.1 Å². The number of nitrogens with zero attached hydrogens (tertiary/aromatic N) is 3. The Bertz CT molecular complexity index is 552. The molecule has 1 saturated carbocycles. The molecule has 1 aromatic rings. The molecular formula is C19H33IN4O2. The van der Waals surface area contributed by atoms with Crippen molar-refractivity contribution < 1.29 is 9.47 Å². The lowest BCUT2D eigenvalue weighted by Crippen LogP contribution is -2.43. The van der Waals surface area contributed by atoms with E-state index in [4.69, 9.17) is 9.47 Å². The Morgan fingerprint density at radius 2 is 1.96 bits per heavy atom. The summed E-state index contributed by atoms with van der Waals surface area (Å²) in [5.74, 6) is 1.80. The summed E-state index contributed by atoms with van der Waals surface area (Å²) in [5.41, 5.74) is 1.15. The predicted molar refractivity (Wildman–Crippen MR) is 118 cm³/mol. The first-order valence-corrected chi connectivity index (χ1v) is 8.96. The molecule has 148 valence electrons. The Balaban J connectivity index is 0.00000338. The number of rotatable bonds is 10. The second-order valence-electron chi connectivity index (χ2n) is 6.40. The minimum atomic E-state index is 0. The standard InChI is InChI=1S/C19H32N4O2.HI/c1-20-19(21-11-12-23(13-14-24-3)17-9-10-17)22(2)15-16-7-5-6-8-18(16)25-4;/h5-8,17H,9-15H2,1-4H3,(H,20,21);1H. The van der Waals surface area contributed by atoms with Gasteiger partial charge in [-0.05, 0) is 18.9 Å². The van der Waals surface area contributed by atoms with Crippen molar-refractivity contribution in [3.05, 3.63) is 29.8 Å².